The van der Waals surface area contributed by atoms with Crippen LogP contribution in [0.3, 0.4) is 0 Å². The summed E-state index contributed by atoms with van der Waals surface area (Å²) in [6.07, 6.45) is 1.38. The second-order valence-electron chi connectivity index (χ2n) is 8.53. The molecule has 0 aliphatic carbocycles. The number of imide groups is 2. The summed E-state index contributed by atoms with van der Waals surface area (Å²) in [6.45, 7) is 3.59. The van der Waals surface area contributed by atoms with E-state index in [2.05, 4.69) is 10.6 Å². The zero-order valence-electron chi connectivity index (χ0n) is 20.8. The van der Waals surface area contributed by atoms with Crippen LogP contribution in [0.4, 0.5) is 16.2 Å². The number of carbonyl (C=O) groups is 4. The molecule has 0 bridgehead atoms. The number of rotatable bonds is 7. The van der Waals surface area contributed by atoms with Gasteiger partial charge >= 0.3 is 6.03 Å². The van der Waals surface area contributed by atoms with Gasteiger partial charge < -0.3 is 14.8 Å². The number of halogens is 1. The van der Waals surface area contributed by atoms with Gasteiger partial charge in [-0.15, -0.1) is 0 Å². The molecular weight excluding hydrogens is 601 g/mol. The maximum atomic E-state index is 13.2. The van der Waals surface area contributed by atoms with Gasteiger partial charge in [0.2, 0.25) is 0 Å². The van der Waals surface area contributed by atoms with Crippen LogP contribution < -0.4 is 25.0 Å². The van der Waals surface area contributed by atoms with Crippen molar-refractivity contribution < 1.29 is 28.7 Å². The first kappa shape index (κ1) is 26.9. The molecule has 1 aliphatic rings. The summed E-state index contributed by atoms with van der Waals surface area (Å²) in [7, 11) is 1.44. The molecule has 10 heteroatoms. The number of anilines is 2. The van der Waals surface area contributed by atoms with Crippen molar-refractivity contribution in [2.24, 2.45) is 0 Å². The summed E-state index contributed by atoms with van der Waals surface area (Å²) in [4.78, 5) is 51.4. The van der Waals surface area contributed by atoms with Crippen LogP contribution in [0.5, 0.6) is 11.5 Å². The lowest BCUT2D eigenvalue weighted by Gasteiger charge is -2.26. The first-order valence-corrected chi connectivity index (χ1v) is 12.6. The standard InChI is InChI=1S/C28H24IN3O6/c1-16-4-8-19(9-5-16)30-24(33)15-38-25-22(29)13-18(14-23(25)37-3)12-21-26(34)31-28(36)32(27(21)35)20-10-6-17(2)7-11-20/h4-14H,15H2,1-3H3,(H,30,33)(H,31,34,36)/b21-12+. The third-order valence-corrected chi connectivity index (χ3v) is 6.44. The van der Waals surface area contributed by atoms with Crippen molar-refractivity contribution in [3.63, 3.8) is 0 Å². The Labute approximate surface area is 232 Å². The average molecular weight is 625 g/mol. The maximum Gasteiger partial charge on any atom is 0.335 e. The molecule has 4 rings (SSSR count). The van der Waals surface area contributed by atoms with Crippen molar-refractivity contribution in [2.75, 3.05) is 23.9 Å². The largest absolute Gasteiger partial charge is 0.493 e. The molecule has 0 atom stereocenters. The van der Waals surface area contributed by atoms with Crippen LogP contribution in [-0.4, -0.2) is 37.5 Å². The first-order valence-electron chi connectivity index (χ1n) is 11.5. The molecule has 194 valence electrons. The highest BCUT2D eigenvalue weighted by Crippen LogP contribution is 2.35. The number of carbonyl (C=O) groups excluding carboxylic acids is 4. The van der Waals surface area contributed by atoms with Crippen LogP contribution in [0.25, 0.3) is 6.08 Å². The lowest BCUT2D eigenvalue weighted by molar-refractivity contribution is -0.122. The molecule has 38 heavy (non-hydrogen) atoms. The van der Waals surface area contributed by atoms with Crippen LogP contribution in [-0.2, 0) is 14.4 Å². The Kier molecular flexibility index (Phi) is 8.10. The summed E-state index contributed by atoms with van der Waals surface area (Å²) >= 11 is 2.02. The zero-order chi connectivity index (χ0) is 27.4. The Hall–Kier alpha value is -4.19. The smallest absolute Gasteiger partial charge is 0.335 e. The molecule has 0 spiro atoms. The van der Waals surface area contributed by atoms with Crippen molar-refractivity contribution >= 4 is 63.8 Å². The number of barbiturate groups is 1. The molecule has 0 radical (unpaired) electrons. The highest BCUT2D eigenvalue weighted by atomic mass is 127. The normalized spacial score (nSPS) is 14.4. The number of ether oxygens (including phenoxy) is 2. The Morgan fingerprint density at radius 3 is 2.26 bits per heavy atom. The molecule has 1 heterocycles. The monoisotopic (exact) mass is 625 g/mol. The fourth-order valence-electron chi connectivity index (χ4n) is 3.69. The third kappa shape index (κ3) is 6.02. The molecule has 2 N–H and O–H groups in total. The first-order chi connectivity index (χ1) is 18.2. The van der Waals surface area contributed by atoms with Crippen LogP contribution in [0.15, 0.2) is 66.2 Å². The van der Waals surface area contributed by atoms with Gasteiger partial charge in [-0.1, -0.05) is 35.4 Å². The second-order valence-corrected chi connectivity index (χ2v) is 9.69. The minimum Gasteiger partial charge on any atom is -0.493 e. The Bertz CT molecular complexity index is 1450. The molecule has 1 fully saturated rings. The number of nitrogens with one attached hydrogen (secondary N) is 2. The lowest BCUT2D eigenvalue weighted by atomic mass is 10.1. The molecule has 3 aromatic rings. The van der Waals surface area contributed by atoms with E-state index in [0.29, 0.717) is 32.0 Å². The third-order valence-electron chi connectivity index (χ3n) is 5.64. The summed E-state index contributed by atoms with van der Waals surface area (Å²) in [6, 6.07) is 16.6. The number of benzene rings is 3. The van der Waals surface area contributed by atoms with Crippen molar-refractivity contribution in [3.8, 4) is 11.5 Å². The number of aryl methyl sites for hydroxylation is 2. The summed E-state index contributed by atoms with van der Waals surface area (Å²) in [5, 5.41) is 4.98. The highest BCUT2D eigenvalue weighted by molar-refractivity contribution is 14.1. The Morgan fingerprint density at radius 1 is 1.00 bits per heavy atom. The Balaban J connectivity index is 1.55. The molecule has 0 aromatic heterocycles. The van der Waals surface area contributed by atoms with E-state index in [1.807, 2.05) is 48.6 Å². The van der Waals surface area contributed by atoms with Crippen molar-refractivity contribution in [1.82, 2.24) is 5.32 Å². The van der Waals surface area contributed by atoms with Crippen LogP contribution in [0, 0.1) is 17.4 Å². The van der Waals surface area contributed by atoms with Gasteiger partial charge in [-0.2, -0.15) is 0 Å². The number of amides is 5. The van der Waals surface area contributed by atoms with Gasteiger partial charge in [-0.25, -0.2) is 9.69 Å². The average Bonchev–Trinajstić information content (AvgIpc) is 2.88. The number of methoxy groups -OCH3 is 1. The molecule has 5 amide bonds. The number of hydrogen-bond donors (Lipinski definition) is 2. The summed E-state index contributed by atoms with van der Waals surface area (Å²) < 4.78 is 11.8. The predicted molar refractivity (Wildman–Crippen MR) is 151 cm³/mol. The van der Waals surface area contributed by atoms with Gasteiger partial charge in [0.1, 0.15) is 5.57 Å². The second kappa shape index (κ2) is 11.5. The molecule has 0 saturated carbocycles. The molecule has 1 saturated heterocycles. The molecule has 3 aromatic carbocycles. The van der Waals surface area contributed by atoms with Gasteiger partial charge in [0.15, 0.2) is 18.1 Å². The molecular formula is C28H24IN3O6. The van der Waals surface area contributed by atoms with Crippen LogP contribution in [0.1, 0.15) is 16.7 Å². The van der Waals surface area contributed by atoms with Gasteiger partial charge in [0, 0.05) is 5.69 Å². The highest BCUT2D eigenvalue weighted by Gasteiger charge is 2.36. The van der Waals surface area contributed by atoms with Crippen LogP contribution in [0.2, 0.25) is 0 Å². The minimum atomic E-state index is -0.819. The van der Waals surface area contributed by atoms with Crippen molar-refractivity contribution in [3.05, 3.63) is 86.5 Å². The lowest BCUT2D eigenvalue weighted by Crippen LogP contribution is -2.54. The molecule has 0 unspecified atom stereocenters. The number of nitrogens with zero attached hydrogens (tertiary/aromatic N) is 1. The zero-order valence-corrected chi connectivity index (χ0v) is 23.0. The SMILES string of the molecule is COc1cc(/C=C2\C(=O)NC(=O)N(c3ccc(C)cc3)C2=O)cc(I)c1OCC(=O)Nc1ccc(C)cc1. The van der Waals surface area contributed by atoms with E-state index in [-0.39, 0.29) is 18.1 Å². The van der Waals surface area contributed by atoms with Crippen LogP contribution >= 0.6 is 22.6 Å². The van der Waals surface area contributed by atoms with Gasteiger partial charge in [-0.05, 0) is 84.5 Å². The topological polar surface area (TPSA) is 114 Å². The van der Waals surface area contributed by atoms with Crippen molar-refractivity contribution in [1.29, 1.82) is 0 Å². The quantitative estimate of drug-likeness (QED) is 0.226. The van der Waals surface area contributed by atoms with E-state index in [1.165, 1.54) is 13.2 Å². The maximum absolute atomic E-state index is 13.2. The fourth-order valence-corrected chi connectivity index (χ4v) is 4.47. The predicted octanol–water partition coefficient (Wildman–Crippen LogP) is 4.60. The van der Waals surface area contributed by atoms with E-state index in [4.69, 9.17) is 9.47 Å². The van der Waals surface area contributed by atoms with Gasteiger partial charge in [-0.3, -0.25) is 19.7 Å². The van der Waals surface area contributed by atoms with Gasteiger partial charge in [0.05, 0.1) is 16.4 Å². The molecule has 1 aliphatic heterocycles. The van der Waals surface area contributed by atoms with Crippen molar-refractivity contribution in [2.45, 2.75) is 13.8 Å². The molecule has 9 nitrogen and oxygen atoms in total. The number of urea groups is 1. The number of hydrogen-bond acceptors (Lipinski definition) is 6. The summed E-state index contributed by atoms with van der Waals surface area (Å²) in [5.41, 5.74) is 3.30. The summed E-state index contributed by atoms with van der Waals surface area (Å²) in [5.74, 6) is -1.24. The van der Waals surface area contributed by atoms with E-state index in [9.17, 15) is 19.2 Å². The van der Waals surface area contributed by atoms with E-state index >= 15 is 0 Å². The van der Waals surface area contributed by atoms with E-state index < -0.39 is 17.8 Å². The minimum absolute atomic E-state index is 0.214. The Morgan fingerprint density at radius 2 is 1.63 bits per heavy atom. The van der Waals surface area contributed by atoms with E-state index in [0.717, 1.165) is 16.0 Å². The van der Waals surface area contributed by atoms with E-state index in [1.54, 1.807) is 48.5 Å². The fraction of sp³-hybridized carbons (Fsp3) is 0.143. The van der Waals surface area contributed by atoms with Gasteiger partial charge in [0.25, 0.3) is 17.7 Å².